The average Bonchev–Trinajstić information content (AvgIpc) is 2.53. The van der Waals surface area contributed by atoms with Gasteiger partial charge in [0.1, 0.15) is 11.4 Å². The van der Waals surface area contributed by atoms with Crippen LogP contribution in [0.2, 0.25) is 0 Å². The third kappa shape index (κ3) is 3.99. The third-order valence-corrected chi connectivity index (χ3v) is 3.40. The van der Waals surface area contributed by atoms with Crippen LogP contribution in [0, 0.1) is 0 Å². The van der Waals surface area contributed by atoms with Crippen molar-refractivity contribution >= 4 is 29.3 Å². The summed E-state index contributed by atoms with van der Waals surface area (Å²) in [6.07, 6.45) is -0.679. The molecule has 0 fully saturated rings. The number of benzene rings is 1. The highest BCUT2D eigenvalue weighted by Gasteiger charge is 2.36. The molecule has 2 rings (SSSR count). The van der Waals surface area contributed by atoms with E-state index in [1.165, 1.54) is 4.90 Å². The lowest BCUT2D eigenvalue weighted by atomic mass is 9.98. The predicted octanol–water partition coefficient (Wildman–Crippen LogP) is 2.84. The van der Waals surface area contributed by atoms with E-state index in [4.69, 9.17) is 9.47 Å². The van der Waals surface area contributed by atoms with Gasteiger partial charge in [-0.1, -0.05) is 12.1 Å². The van der Waals surface area contributed by atoms with Crippen molar-refractivity contribution in [2.24, 2.45) is 0 Å². The van der Waals surface area contributed by atoms with E-state index in [0.29, 0.717) is 5.69 Å². The molecule has 1 N–H and O–H groups in total. The fraction of sp³-hybridized carbons (Fsp3) is 0.389. The van der Waals surface area contributed by atoms with Crippen LogP contribution < -0.4 is 4.90 Å². The van der Waals surface area contributed by atoms with Gasteiger partial charge in [-0.05, 0) is 39.8 Å². The lowest BCUT2D eigenvalue weighted by Gasteiger charge is -2.32. The lowest BCUT2D eigenvalue weighted by Crippen LogP contribution is -2.42. The number of ketones is 1. The minimum absolute atomic E-state index is 0.0327. The maximum atomic E-state index is 12.5. The summed E-state index contributed by atoms with van der Waals surface area (Å²) in [5.74, 6) is -2.40. The Balaban J connectivity index is 2.45. The van der Waals surface area contributed by atoms with Gasteiger partial charge in [-0.15, -0.1) is 0 Å². The zero-order valence-electron chi connectivity index (χ0n) is 14.7. The fourth-order valence-electron chi connectivity index (χ4n) is 2.37. The summed E-state index contributed by atoms with van der Waals surface area (Å²) in [5.41, 5.74) is -0.273. The summed E-state index contributed by atoms with van der Waals surface area (Å²) in [4.78, 5) is 37.8. The van der Waals surface area contributed by atoms with E-state index >= 15 is 0 Å². The van der Waals surface area contributed by atoms with Crippen LogP contribution in [0.5, 0.6) is 0 Å². The monoisotopic (exact) mass is 347 g/mol. The molecule has 0 spiro atoms. The van der Waals surface area contributed by atoms with E-state index in [2.05, 4.69) is 0 Å². The summed E-state index contributed by atoms with van der Waals surface area (Å²) in [6, 6.07) is 6.53. The second-order valence-electron chi connectivity index (χ2n) is 6.46. The van der Waals surface area contributed by atoms with Gasteiger partial charge in [-0.25, -0.2) is 9.59 Å². The van der Waals surface area contributed by atoms with Crippen molar-refractivity contribution in [2.45, 2.75) is 33.3 Å². The summed E-state index contributed by atoms with van der Waals surface area (Å²) in [7, 11) is 0. The number of carbonyl (C=O) groups excluding carboxylic acids is 3. The maximum absolute atomic E-state index is 12.5. The molecule has 7 heteroatoms. The molecule has 0 saturated heterocycles. The number of aliphatic hydroxyl groups is 1. The fourth-order valence-corrected chi connectivity index (χ4v) is 2.37. The van der Waals surface area contributed by atoms with Crippen LogP contribution in [0.1, 0.15) is 33.3 Å². The molecule has 7 nitrogen and oxygen atoms in total. The Morgan fingerprint density at radius 1 is 1.20 bits per heavy atom. The molecule has 0 saturated carbocycles. The third-order valence-electron chi connectivity index (χ3n) is 3.40. The molecule has 1 heterocycles. The van der Waals surface area contributed by atoms with Crippen molar-refractivity contribution in [3.63, 3.8) is 0 Å². The summed E-state index contributed by atoms with van der Waals surface area (Å²) in [5, 5.41) is 10.4. The Morgan fingerprint density at radius 2 is 1.84 bits per heavy atom. The number of carbonyl (C=O) groups is 3. The number of fused-ring (bicyclic) bond motifs is 1. The highest BCUT2D eigenvalue weighted by atomic mass is 16.6. The van der Waals surface area contributed by atoms with Crippen molar-refractivity contribution in [3.8, 4) is 0 Å². The normalized spacial score (nSPS) is 14.0. The summed E-state index contributed by atoms with van der Waals surface area (Å²) < 4.78 is 10.1. The SMILES string of the molecule is CCOC(=O)C(=O)C1=C(O)c2ccccc2N(C(=O)OC(C)(C)C)C1. The van der Waals surface area contributed by atoms with E-state index in [1.54, 1.807) is 52.0 Å². The van der Waals surface area contributed by atoms with Crippen molar-refractivity contribution < 1.29 is 29.0 Å². The molecule has 25 heavy (non-hydrogen) atoms. The number of esters is 1. The molecule has 1 aliphatic rings. The number of anilines is 1. The first-order chi connectivity index (χ1) is 11.7. The van der Waals surface area contributed by atoms with E-state index in [9.17, 15) is 19.5 Å². The molecule has 0 bridgehead atoms. The Bertz CT molecular complexity index is 744. The van der Waals surface area contributed by atoms with Gasteiger partial charge in [0.05, 0.1) is 24.4 Å². The number of para-hydroxylation sites is 1. The number of hydrogen-bond acceptors (Lipinski definition) is 6. The molecular formula is C18H21NO6. The number of nitrogens with zero attached hydrogens (tertiary/aromatic N) is 1. The van der Waals surface area contributed by atoms with Gasteiger partial charge in [-0.2, -0.15) is 0 Å². The van der Waals surface area contributed by atoms with Crippen molar-refractivity contribution in [1.82, 2.24) is 0 Å². The van der Waals surface area contributed by atoms with E-state index in [1.807, 2.05) is 0 Å². The Labute approximate surface area is 145 Å². The first kappa shape index (κ1) is 18.5. The number of amides is 1. The predicted molar refractivity (Wildman–Crippen MR) is 91.2 cm³/mol. The molecule has 1 aromatic rings. The van der Waals surface area contributed by atoms with E-state index in [-0.39, 0.29) is 30.0 Å². The average molecular weight is 347 g/mol. The molecule has 1 aliphatic heterocycles. The van der Waals surface area contributed by atoms with Gasteiger partial charge in [0, 0.05) is 5.56 Å². The first-order valence-electron chi connectivity index (χ1n) is 7.89. The molecular weight excluding hydrogens is 326 g/mol. The quantitative estimate of drug-likeness (QED) is 0.667. The van der Waals surface area contributed by atoms with Gasteiger partial charge in [0.25, 0.3) is 5.78 Å². The second-order valence-corrected chi connectivity index (χ2v) is 6.46. The Hall–Kier alpha value is -2.83. The number of Topliss-reactive ketones (excluding diaryl/α,β-unsaturated/α-hetero) is 1. The molecule has 0 aromatic heterocycles. The van der Waals surface area contributed by atoms with Gasteiger partial charge < -0.3 is 14.6 Å². The van der Waals surface area contributed by atoms with Gasteiger partial charge >= 0.3 is 12.1 Å². The Morgan fingerprint density at radius 3 is 2.44 bits per heavy atom. The molecule has 0 radical (unpaired) electrons. The lowest BCUT2D eigenvalue weighted by molar-refractivity contribution is -0.151. The largest absolute Gasteiger partial charge is 0.507 e. The minimum atomic E-state index is -1.08. The van der Waals surface area contributed by atoms with Crippen LogP contribution in [0.15, 0.2) is 29.8 Å². The topological polar surface area (TPSA) is 93.1 Å². The second kappa shape index (κ2) is 6.96. The molecule has 1 aromatic carbocycles. The summed E-state index contributed by atoms with van der Waals surface area (Å²) in [6.45, 7) is 6.49. The van der Waals surface area contributed by atoms with Gasteiger partial charge in [-0.3, -0.25) is 9.69 Å². The molecule has 0 unspecified atom stereocenters. The smallest absolute Gasteiger partial charge is 0.415 e. The van der Waals surface area contributed by atoms with Crippen molar-refractivity contribution in [3.05, 3.63) is 35.4 Å². The number of ether oxygens (including phenoxy) is 2. The minimum Gasteiger partial charge on any atom is -0.507 e. The number of rotatable bonds is 3. The summed E-state index contributed by atoms with van der Waals surface area (Å²) >= 11 is 0. The molecule has 134 valence electrons. The van der Waals surface area contributed by atoms with Crippen molar-refractivity contribution in [1.29, 1.82) is 0 Å². The van der Waals surface area contributed by atoms with Crippen LogP contribution in [-0.2, 0) is 19.1 Å². The maximum Gasteiger partial charge on any atom is 0.415 e. The van der Waals surface area contributed by atoms with Crippen LogP contribution >= 0.6 is 0 Å². The number of hydrogen-bond donors (Lipinski definition) is 1. The first-order valence-corrected chi connectivity index (χ1v) is 7.89. The number of aliphatic hydroxyl groups excluding tert-OH is 1. The van der Waals surface area contributed by atoms with E-state index in [0.717, 1.165) is 0 Å². The van der Waals surface area contributed by atoms with Crippen molar-refractivity contribution in [2.75, 3.05) is 18.1 Å². The zero-order valence-corrected chi connectivity index (χ0v) is 14.7. The van der Waals surface area contributed by atoms with Gasteiger partial charge in [0.15, 0.2) is 0 Å². The highest BCUT2D eigenvalue weighted by molar-refractivity contribution is 6.42. The van der Waals surface area contributed by atoms with Gasteiger partial charge in [0.2, 0.25) is 0 Å². The van der Waals surface area contributed by atoms with E-state index < -0.39 is 23.4 Å². The van der Waals surface area contributed by atoms with Crippen LogP contribution in [0.4, 0.5) is 10.5 Å². The molecule has 1 amide bonds. The molecule has 0 atom stereocenters. The highest BCUT2D eigenvalue weighted by Crippen LogP contribution is 2.34. The Kier molecular flexibility index (Phi) is 5.15. The standard InChI is InChI=1S/C18H21NO6/c1-5-24-16(22)15(21)12-10-19(17(23)25-18(2,3)4)13-9-7-6-8-11(13)14(12)20/h6-9,20H,5,10H2,1-4H3. The van der Waals surface area contributed by atoms with Crippen LogP contribution in [0.3, 0.4) is 0 Å². The van der Waals surface area contributed by atoms with Crippen LogP contribution in [-0.4, -0.2) is 41.7 Å². The van der Waals surface area contributed by atoms with Crippen LogP contribution in [0.25, 0.3) is 5.76 Å². The zero-order chi connectivity index (χ0) is 18.8. The molecule has 0 aliphatic carbocycles.